The highest BCUT2D eigenvalue weighted by Crippen LogP contribution is 2.30. The van der Waals surface area contributed by atoms with Gasteiger partial charge >= 0.3 is 5.69 Å². The van der Waals surface area contributed by atoms with Crippen LogP contribution in [0.4, 0.5) is 5.69 Å². The quantitative estimate of drug-likeness (QED) is 0.627. The average molecular weight is 263 g/mol. The number of nitro benzene ring substituents is 1. The molecule has 0 radical (unpaired) electrons. The van der Waals surface area contributed by atoms with Crippen LogP contribution in [0.15, 0.2) is 18.2 Å². The molecule has 0 aliphatic carbocycles. The van der Waals surface area contributed by atoms with Gasteiger partial charge in [-0.2, -0.15) is 5.26 Å². The van der Waals surface area contributed by atoms with E-state index in [-0.39, 0.29) is 18.0 Å². The highest BCUT2D eigenvalue weighted by atomic mass is 16.6. The van der Waals surface area contributed by atoms with Crippen LogP contribution in [0, 0.1) is 28.4 Å². The number of aryl methyl sites for hydroxylation is 1. The molecule has 0 amide bonds. The van der Waals surface area contributed by atoms with E-state index in [0.717, 1.165) is 0 Å². The number of rotatable bonds is 6. The summed E-state index contributed by atoms with van der Waals surface area (Å²) in [7, 11) is 1.69. The van der Waals surface area contributed by atoms with E-state index in [0.29, 0.717) is 12.0 Å². The van der Waals surface area contributed by atoms with Crippen molar-refractivity contribution in [3.63, 3.8) is 0 Å². The van der Waals surface area contributed by atoms with Crippen molar-refractivity contribution in [2.24, 2.45) is 0 Å². The SMILES string of the molecule is CNC(C)(C#N)CCOc1c(C)cccc1[N+](=O)[O-]. The van der Waals surface area contributed by atoms with E-state index in [4.69, 9.17) is 10.00 Å². The molecule has 0 aliphatic heterocycles. The lowest BCUT2D eigenvalue weighted by molar-refractivity contribution is -0.385. The van der Waals surface area contributed by atoms with Gasteiger partial charge in [0.05, 0.1) is 17.6 Å². The lowest BCUT2D eigenvalue weighted by atomic mass is 10.0. The summed E-state index contributed by atoms with van der Waals surface area (Å²) in [5, 5.41) is 22.8. The van der Waals surface area contributed by atoms with Gasteiger partial charge in [0.2, 0.25) is 0 Å². The predicted octanol–water partition coefficient (Wildman–Crippen LogP) is 2.17. The van der Waals surface area contributed by atoms with E-state index in [1.54, 1.807) is 33.0 Å². The van der Waals surface area contributed by atoms with Gasteiger partial charge in [0.25, 0.3) is 0 Å². The minimum Gasteiger partial charge on any atom is -0.487 e. The first-order valence-electron chi connectivity index (χ1n) is 5.90. The molecule has 1 rings (SSSR count). The summed E-state index contributed by atoms with van der Waals surface area (Å²) in [6.07, 6.45) is 0.436. The number of nitriles is 1. The third-order valence-corrected chi connectivity index (χ3v) is 3.03. The van der Waals surface area contributed by atoms with Crippen molar-refractivity contribution >= 4 is 5.69 Å². The number of ether oxygens (including phenoxy) is 1. The maximum atomic E-state index is 10.9. The molecule has 1 aromatic rings. The molecule has 6 heteroatoms. The molecule has 0 spiro atoms. The predicted molar refractivity (Wildman–Crippen MR) is 71.0 cm³/mol. The van der Waals surface area contributed by atoms with Crippen LogP contribution in [0.2, 0.25) is 0 Å². The monoisotopic (exact) mass is 263 g/mol. The second-order valence-electron chi connectivity index (χ2n) is 4.47. The molecule has 0 aliphatic rings. The Hall–Kier alpha value is -2.13. The third kappa shape index (κ3) is 3.66. The third-order valence-electron chi connectivity index (χ3n) is 3.03. The first-order valence-corrected chi connectivity index (χ1v) is 5.90. The van der Waals surface area contributed by atoms with Gasteiger partial charge in [0, 0.05) is 12.5 Å². The molecule has 0 aromatic heterocycles. The second-order valence-corrected chi connectivity index (χ2v) is 4.47. The molecule has 6 nitrogen and oxygen atoms in total. The molecular formula is C13H17N3O3. The summed E-state index contributed by atoms with van der Waals surface area (Å²) >= 11 is 0. The summed E-state index contributed by atoms with van der Waals surface area (Å²) in [6, 6.07) is 6.92. The number of hydrogen-bond donors (Lipinski definition) is 1. The van der Waals surface area contributed by atoms with Crippen molar-refractivity contribution < 1.29 is 9.66 Å². The fourth-order valence-electron chi connectivity index (χ4n) is 1.56. The van der Waals surface area contributed by atoms with E-state index in [9.17, 15) is 10.1 Å². The van der Waals surface area contributed by atoms with Crippen LogP contribution in [0.25, 0.3) is 0 Å². The molecule has 0 heterocycles. The lowest BCUT2D eigenvalue weighted by Gasteiger charge is -2.20. The second kappa shape index (κ2) is 6.16. The Kier molecular flexibility index (Phi) is 4.84. The number of nitrogens with zero attached hydrogens (tertiary/aromatic N) is 2. The Balaban J connectivity index is 2.79. The van der Waals surface area contributed by atoms with Crippen molar-refractivity contribution in [3.05, 3.63) is 33.9 Å². The zero-order valence-electron chi connectivity index (χ0n) is 11.3. The molecule has 1 N–H and O–H groups in total. The fraction of sp³-hybridized carbons (Fsp3) is 0.462. The lowest BCUT2D eigenvalue weighted by Crippen LogP contribution is -2.39. The average Bonchev–Trinajstić information content (AvgIpc) is 2.40. The van der Waals surface area contributed by atoms with Gasteiger partial charge in [-0.3, -0.25) is 10.1 Å². The number of para-hydroxylation sites is 1. The Bertz CT molecular complexity index is 510. The normalized spacial score (nSPS) is 13.4. The minimum atomic E-state index is -0.697. The van der Waals surface area contributed by atoms with Gasteiger partial charge in [-0.25, -0.2) is 0 Å². The molecule has 19 heavy (non-hydrogen) atoms. The topological polar surface area (TPSA) is 88.2 Å². The molecular weight excluding hydrogens is 246 g/mol. The van der Waals surface area contributed by atoms with Crippen LogP contribution >= 0.6 is 0 Å². The van der Waals surface area contributed by atoms with Crippen LogP contribution in [0.3, 0.4) is 0 Å². The highest BCUT2D eigenvalue weighted by Gasteiger charge is 2.22. The van der Waals surface area contributed by atoms with Crippen LogP contribution in [0.5, 0.6) is 5.75 Å². The summed E-state index contributed by atoms with van der Waals surface area (Å²) in [6.45, 7) is 3.74. The Morgan fingerprint density at radius 1 is 1.58 bits per heavy atom. The summed E-state index contributed by atoms with van der Waals surface area (Å²) in [5.74, 6) is 0.267. The molecule has 0 fully saturated rings. The summed E-state index contributed by atoms with van der Waals surface area (Å²) < 4.78 is 5.50. The Morgan fingerprint density at radius 2 is 2.26 bits per heavy atom. The van der Waals surface area contributed by atoms with E-state index >= 15 is 0 Å². The molecule has 1 atom stereocenters. The van der Waals surface area contributed by atoms with Crippen molar-refractivity contribution in [2.45, 2.75) is 25.8 Å². The van der Waals surface area contributed by atoms with Crippen LogP contribution in [-0.4, -0.2) is 24.1 Å². The van der Waals surface area contributed by atoms with E-state index in [2.05, 4.69) is 11.4 Å². The number of nitrogens with one attached hydrogen (secondary N) is 1. The van der Waals surface area contributed by atoms with E-state index in [1.807, 2.05) is 0 Å². The first-order chi connectivity index (χ1) is 8.93. The Labute approximate surface area is 112 Å². The molecule has 0 bridgehead atoms. The van der Waals surface area contributed by atoms with Crippen LogP contribution in [-0.2, 0) is 0 Å². The largest absolute Gasteiger partial charge is 0.487 e. The van der Waals surface area contributed by atoms with Gasteiger partial charge in [0.15, 0.2) is 5.75 Å². The summed E-state index contributed by atoms with van der Waals surface area (Å²) in [5.41, 5.74) is -0.0438. The maximum absolute atomic E-state index is 10.9. The number of benzene rings is 1. The number of nitro groups is 1. The maximum Gasteiger partial charge on any atom is 0.311 e. The standard InChI is InChI=1S/C13H17N3O3/c1-10-5-4-6-11(16(17)18)12(10)19-8-7-13(2,9-14)15-3/h4-6,15H,7-8H2,1-3H3. The zero-order chi connectivity index (χ0) is 14.5. The first kappa shape index (κ1) is 14.9. The van der Waals surface area contributed by atoms with Crippen molar-refractivity contribution in [1.82, 2.24) is 5.32 Å². The van der Waals surface area contributed by atoms with E-state index < -0.39 is 10.5 Å². The van der Waals surface area contributed by atoms with Gasteiger partial charge in [-0.1, -0.05) is 12.1 Å². The molecule has 102 valence electrons. The zero-order valence-corrected chi connectivity index (χ0v) is 11.3. The smallest absolute Gasteiger partial charge is 0.311 e. The number of hydrogen-bond acceptors (Lipinski definition) is 5. The van der Waals surface area contributed by atoms with Crippen LogP contribution < -0.4 is 10.1 Å². The van der Waals surface area contributed by atoms with Crippen molar-refractivity contribution in [1.29, 1.82) is 5.26 Å². The van der Waals surface area contributed by atoms with Gasteiger partial charge in [-0.05, 0) is 26.5 Å². The van der Waals surface area contributed by atoms with Gasteiger partial charge < -0.3 is 10.1 Å². The van der Waals surface area contributed by atoms with Gasteiger partial charge in [0.1, 0.15) is 5.54 Å². The fourth-order valence-corrected chi connectivity index (χ4v) is 1.56. The molecule has 0 saturated heterocycles. The Morgan fingerprint density at radius 3 is 2.79 bits per heavy atom. The van der Waals surface area contributed by atoms with Crippen molar-refractivity contribution in [2.75, 3.05) is 13.7 Å². The van der Waals surface area contributed by atoms with E-state index in [1.165, 1.54) is 6.07 Å². The van der Waals surface area contributed by atoms with Gasteiger partial charge in [-0.15, -0.1) is 0 Å². The van der Waals surface area contributed by atoms with Crippen LogP contribution in [0.1, 0.15) is 18.9 Å². The molecule has 1 unspecified atom stereocenters. The molecule has 1 aromatic carbocycles. The summed E-state index contributed by atoms with van der Waals surface area (Å²) in [4.78, 5) is 10.4. The minimum absolute atomic E-state index is 0.0527. The van der Waals surface area contributed by atoms with Crippen molar-refractivity contribution in [3.8, 4) is 11.8 Å². The molecule has 0 saturated carbocycles. The highest BCUT2D eigenvalue weighted by molar-refractivity contribution is 5.51.